The van der Waals surface area contributed by atoms with E-state index >= 15 is 0 Å². The van der Waals surface area contributed by atoms with Crippen LogP contribution in [0, 0.1) is 0 Å². The molecular formula is C24H38N4O6. The predicted octanol–water partition coefficient (Wildman–Crippen LogP) is 2.35. The number of nitrogens with zero attached hydrogens (tertiary/aromatic N) is 1. The van der Waals surface area contributed by atoms with E-state index in [2.05, 4.69) is 10.6 Å². The number of nitrogens with two attached hydrogens (primary N) is 1. The quantitative estimate of drug-likeness (QED) is 0.405. The van der Waals surface area contributed by atoms with Crippen LogP contribution in [0.2, 0.25) is 0 Å². The van der Waals surface area contributed by atoms with E-state index in [1.807, 2.05) is 6.92 Å². The van der Waals surface area contributed by atoms with Gasteiger partial charge in [-0.1, -0.05) is 19.1 Å². The molecule has 3 unspecified atom stereocenters. The van der Waals surface area contributed by atoms with Crippen LogP contribution in [0.1, 0.15) is 72.9 Å². The lowest BCUT2D eigenvalue weighted by Gasteiger charge is -2.38. The van der Waals surface area contributed by atoms with E-state index in [0.717, 1.165) is 0 Å². The Kier molecular flexibility index (Phi) is 10.3. The third-order valence-electron chi connectivity index (χ3n) is 4.88. The van der Waals surface area contributed by atoms with Gasteiger partial charge in [0.05, 0.1) is 6.42 Å². The second kappa shape index (κ2) is 12.2. The standard InChI is InChI=1S/C24H38N4O6/c1-8-15(4)28(20(21(31)26-14(2)3)16-9-11-17(29)12-10-16)22(32)18(13-19(25)30)27-23(33)34-24(5,6)7/h9-12,14-15,18,20,29H,8,13H2,1-7H3,(H2,25,30)(H,26,31)(H,27,33). The minimum absolute atomic E-state index is 0.00591. The van der Waals surface area contributed by atoms with Crippen LogP contribution < -0.4 is 16.4 Å². The van der Waals surface area contributed by atoms with Gasteiger partial charge in [-0.25, -0.2) is 4.79 Å². The summed E-state index contributed by atoms with van der Waals surface area (Å²) in [6.45, 7) is 12.2. The molecule has 1 aromatic carbocycles. The summed E-state index contributed by atoms with van der Waals surface area (Å²) in [5.74, 6) is -1.89. The maximum Gasteiger partial charge on any atom is 0.408 e. The highest BCUT2D eigenvalue weighted by atomic mass is 16.6. The maximum absolute atomic E-state index is 13.8. The number of amides is 4. The number of benzene rings is 1. The number of primary amides is 1. The molecule has 34 heavy (non-hydrogen) atoms. The summed E-state index contributed by atoms with van der Waals surface area (Å²) in [6, 6.07) is 2.87. The summed E-state index contributed by atoms with van der Waals surface area (Å²) in [6.07, 6.45) is -0.867. The van der Waals surface area contributed by atoms with E-state index in [9.17, 15) is 24.3 Å². The van der Waals surface area contributed by atoms with Gasteiger partial charge in [0.15, 0.2) is 0 Å². The van der Waals surface area contributed by atoms with Crippen molar-refractivity contribution in [2.24, 2.45) is 5.73 Å². The largest absolute Gasteiger partial charge is 0.508 e. The van der Waals surface area contributed by atoms with Gasteiger partial charge in [-0.15, -0.1) is 0 Å². The number of hydrogen-bond donors (Lipinski definition) is 4. The first-order valence-corrected chi connectivity index (χ1v) is 11.4. The molecule has 5 N–H and O–H groups in total. The van der Waals surface area contributed by atoms with Gasteiger partial charge < -0.3 is 31.1 Å². The normalized spacial score (nSPS) is 14.0. The molecule has 190 valence electrons. The van der Waals surface area contributed by atoms with Crippen LogP contribution >= 0.6 is 0 Å². The summed E-state index contributed by atoms with van der Waals surface area (Å²) in [5, 5.41) is 15.0. The molecule has 0 aliphatic rings. The minimum Gasteiger partial charge on any atom is -0.508 e. The lowest BCUT2D eigenvalue weighted by atomic mass is 9.99. The zero-order valence-electron chi connectivity index (χ0n) is 21.0. The smallest absolute Gasteiger partial charge is 0.408 e. The summed E-state index contributed by atoms with van der Waals surface area (Å²) in [4.78, 5) is 52.6. The number of carbonyl (C=O) groups is 4. The third-order valence-corrected chi connectivity index (χ3v) is 4.88. The van der Waals surface area contributed by atoms with Gasteiger partial charge in [0.25, 0.3) is 0 Å². The summed E-state index contributed by atoms with van der Waals surface area (Å²) in [7, 11) is 0. The van der Waals surface area contributed by atoms with Crippen molar-refractivity contribution in [1.82, 2.24) is 15.5 Å². The fraction of sp³-hybridized carbons (Fsp3) is 0.583. The molecule has 1 rings (SSSR count). The number of ether oxygens (including phenoxy) is 1. The zero-order valence-corrected chi connectivity index (χ0v) is 21.0. The van der Waals surface area contributed by atoms with Crippen LogP contribution in [0.4, 0.5) is 4.79 Å². The van der Waals surface area contributed by atoms with Crippen LogP contribution in [0.25, 0.3) is 0 Å². The molecule has 0 aliphatic heterocycles. The number of phenolic OH excluding ortho intramolecular Hbond substituents is 1. The van der Waals surface area contributed by atoms with Crippen molar-refractivity contribution < 1.29 is 29.0 Å². The van der Waals surface area contributed by atoms with E-state index in [-0.39, 0.29) is 11.8 Å². The molecule has 10 nitrogen and oxygen atoms in total. The monoisotopic (exact) mass is 478 g/mol. The second-order valence-corrected chi connectivity index (χ2v) is 9.53. The van der Waals surface area contributed by atoms with Gasteiger partial charge in [0.1, 0.15) is 23.4 Å². The molecule has 4 amide bonds. The minimum atomic E-state index is -1.34. The fourth-order valence-electron chi connectivity index (χ4n) is 3.29. The Hall–Kier alpha value is -3.30. The summed E-state index contributed by atoms with van der Waals surface area (Å²) >= 11 is 0. The summed E-state index contributed by atoms with van der Waals surface area (Å²) < 4.78 is 5.24. The number of phenols is 1. The Balaban J connectivity index is 3.51. The van der Waals surface area contributed by atoms with Gasteiger partial charge in [0, 0.05) is 12.1 Å². The Labute approximate surface area is 201 Å². The first-order chi connectivity index (χ1) is 15.7. The van der Waals surface area contributed by atoms with E-state index < -0.39 is 54.0 Å². The van der Waals surface area contributed by atoms with Crippen LogP contribution in [-0.4, -0.2) is 57.5 Å². The number of alkyl carbamates (subject to hydrolysis) is 1. The average Bonchev–Trinajstić information content (AvgIpc) is 2.69. The highest BCUT2D eigenvalue weighted by Gasteiger charge is 2.39. The van der Waals surface area contributed by atoms with Crippen molar-refractivity contribution in [3.63, 3.8) is 0 Å². The molecule has 0 saturated heterocycles. The lowest BCUT2D eigenvalue weighted by molar-refractivity contribution is -0.146. The van der Waals surface area contributed by atoms with Gasteiger partial charge in [0.2, 0.25) is 17.7 Å². The topological polar surface area (TPSA) is 151 Å². The van der Waals surface area contributed by atoms with Crippen molar-refractivity contribution in [2.75, 3.05) is 0 Å². The molecule has 1 aromatic rings. The third kappa shape index (κ3) is 8.92. The van der Waals surface area contributed by atoms with Crippen molar-refractivity contribution in [1.29, 1.82) is 0 Å². The first kappa shape index (κ1) is 28.7. The molecule has 0 radical (unpaired) electrons. The van der Waals surface area contributed by atoms with E-state index in [1.54, 1.807) is 53.7 Å². The SMILES string of the molecule is CCC(C)N(C(=O)C(CC(N)=O)NC(=O)OC(C)(C)C)C(C(=O)NC(C)C)c1ccc(O)cc1. The Morgan fingerprint density at radius 3 is 2.06 bits per heavy atom. The van der Waals surface area contributed by atoms with Gasteiger partial charge in [-0.05, 0) is 65.7 Å². The Morgan fingerprint density at radius 2 is 1.62 bits per heavy atom. The number of carbonyl (C=O) groups excluding carboxylic acids is 4. The van der Waals surface area contributed by atoms with Crippen LogP contribution in [0.3, 0.4) is 0 Å². The molecule has 0 aliphatic carbocycles. The van der Waals surface area contributed by atoms with Crippen molar-refractivity contribution in [2.45, 2.75) is 91.1 Å². The van der Waals surface area contributed by atoms with Crippen molar-refractivity contribution in [3.05, 3.63) is 29.8 Å². The molecule has 3 atom stereocenters. The molecule has 0 spiro atoms. The number of nitrogens with one attached hydrogen (secondary N) is 2. The van der Waals surface area contributed by atoms with Gasteiger partial charge >= 0.3 is 6.09 Å². The fourth-order valence-corrected chi connectivity index (χ4v) is 3.29. The number of hydrogen-bond acceptors (Lipinski definition) is 6. The highest BCUT2D eigenvalue weighted by Crippen LogP contribution is 2.28. The zero-order chi connectivity index (χ0) is 26.2. The number of aromatic hydroxyl groups is 1. The van der Waals surface area contributed by atoms with Gasteiger partial charge in [-0.2, -0.15) is 0 Å². The predicted molar refractivity (Wildman–Crippen MR) is 128 cm³/mol. The number of rotatable bonds is 10. The Morgan fingerprint density at radius 1 is 1.06 bits per heavy atom. The van der Waals surface area contributed by atoms with Crippen LogP contribution in [-0.2, 0) is 19.1 Å². The van der Waals surface area contributed by atoms with Gasteiger partial charge in [-0.3, -0.25) is 14.4 Å². The maximum atomic E-state index is 13.8. The van der Waals surface area contributed by atoms with E-state index in [0.29, 0.717) is 12.0 Å². The molecule has 0 heterocycles. The first-order valence-electron chi connectivity index (χ1n) is 11.4. The molecule has 0 saturated carbocycles. The molecule has 10 heteroatoms. The Bertz CT molecular complexity index is 863. The van der Waals surface area contributed by atoms with Crippen LogP contribution in [0.15, 0.2) is 24.3 Å². The summed E-state index contributed by atoms with van der Waals surface area (Å²) in [5.41, 5.74) is 4.99. The molecule has 0 bridgehead atoms. The van der Waals surface area contributed by atoms with E-state index in [4.69, 9.17) is 10.5 Å². The average molecular weight is 479 g/mol. The van der Waals surface area contributed by atoms with E-state index in [1.165, 1.54) is 17.0 Å². The van der Waals surface area contributed by atoms with Crippen molar-refractivity contribution >= 4 is 23.8 Å². The highest BCUT2D eigenvalue weighted by molar-refractivity contribution is 5.94. The second-order valence-electron chi connectivity index (χ2n) is 9.53. The lowest BCUT2D eigenvalue weighted by Crippen LogP contribution is -2.56. The van der Waals surface area contributed by atoms with Crippen LogP contribution in [0.5, 0.6) is 5.75 Å². The molecule has 0 fully saturated rings. The molecular weight excluding hydrogens is 440 g/mol. The molecule has 0 aromatic heterocycles. The van der Waals surface area contributed by atoms with Crippen molar-refractivity contribution in [3.8, 4) is 5.75 Å².